The molecule has 0 saturated carbocycles. The average molecular weight is 288 g/mol. The van der Waals surface area contributed by atoms with E-state index < -0.39 is 0 Å². The minimum absolute atomic E-state index is 0.0286. The van der Waals surface area contributed by atoms with Crippen LogP contribution in [-0.2, 0) is 9.59 Å². The highest BCUT2D eigenvalue weighted by Crippen LogP contribution is 2.22. The molecule has 1 heterocycles. The maximum absolute atomic E-state index is 12.5. The number of rotatable bonds is 4. The van der Waals surface area contributed by atoms with Gasteiger partial charge in [0.1, 0.15) is 0 Å². The van der Waals surface area contributed by atoms with Gasteiger partial charge in [0.05, 0.1) is 0 Å². The van der Waals surface area contributed by atoms with E-state index in [1.807, 2.05) is 49.2 Å². The summed E-state index contributed by atoms with van der Waals surface area (Å²) in [7, 11) is 1.83. The first kappa shape index (κ1) is 15.5. The van der Waals surface area contributed by atoms with E-state index in [2.05, 4.69) is 0 Å². The van der Waals surface area contributed by atoms with Crippen molar-refractivity contribution in [2.24, 2.45) is 5.92 Å². The molecule has 0 N–H and O–H groups in total. The van der Waals surface area contributed by atoms with E-state index in [1.165, 1.54) is 0 Å². The van der Waals surface area contributed by atoms with Crippen LogP contribution in [0.4, 0.5) is 5.69 Å². The highest BCUT2D eigenvalue weighted by Gasteiger charge is 2.29. The second-order valence-corrected chi connectivity index (χ2v) is 5.64. The number of hydrogen-bond donors (Lipinski definition) is 0. The smallest absolute Gasteiger partial charge is 0.229 e. The van der Waals surface area contributed by atoms with Crippen molar-refractivity contribution in [2.75, 3.05) is 25.0 Å². The Hall–Kier alpha value is -1.84. The highest BCUT2D eigenvalue weighted by atomic mass is 16.2. The minimum Gasteiger partial charge on any atom is -0.343 e. The van der Waals surface area contributed by atoms with Crippen molar-refractivity contribution >= 4 is 17.5 Å². The van der Waals surface area contributed by atoms with Crippen molar-refractivity contribution in [2.45, 2.75) is 32.6 Å². The van der Waals surface area contributed by atoms with Gasteiger partial charge in [-0.3, -0.25) is 9.59 Å². The quantitative estimate of drug-likeness (QED) is 0.854. The number of likely N-dealkylation sites (tertiary alicyclic amines) is 1. The lowest BCUT2D eigenvalue weighted by atomic mass is 9.95. The third kappa shape index (κ3) is 3.84. The zero-order chi connectivity index (χ0) is 15.2. The lowest BCUT2D eigenvalue weighted by Gasteiger charge is -2.33. The van der Waals surface area contributed by atoms with Crippen molar-refractivity contribution in [1.29, 1.82) is 0 Å². The summed E-state index contributed by atoms with van der Waals surface area (Å²) in [5.74, 6) is 0.407. The number of benzene rings is 1. The summed E-state index contributed by atoms with van der Waals surface area (Å²) in [6, 6.07) is 9.70. The summed E-state index contributed by atoms with van der Waals surface area (Å²) in [5, 5.41) is 0. The topological polar surface area (TPSA) is 40.6 Å². The van der Waals surface area contributed by atoms with Crippen LogP contribution in [0.1, 0.15) is 32.6 Å². The van der Waals surface area contributed by atoms with Gasteiger partial charge >= 0.3 is 0 Å². The molecule has 2 amide bonds. The van der Waals surface area contributed by atoms with Crippen LogP contribution < -0.4 is 4.90 Å². The third-order valence-corrected chi connectivity index (χ3v) is 4.13. The van der Waals surface area contributed by atoms with Gasteiger partial charge in [0, 0.05) is 38.2 Å². The Labute approximate surface area is 126 Å². The van der Waals surface area contributed by atoms with Gasteiger partial charge < -0.3 is 9.80 Å². The van der Waals surface area contributed by atoms with Gasteiger partial charge in [-0.05, 0) is 31.4 Å². The fourth-order valence-corrected chi connectivity index (χ4v) is 2.80. The Morgan fingerprint density at radius 2 is 1.81 bits per heavy atom. The zero-order valence-electron chi connectivity index (χ0n) is 12.9. The van der Waals surface area contributed by atoms with Crippen LogP contribution >= 0.6 is 0 Å². The van der Waals surface area contributed by atoms with Gasteiger partial charge in [-0.25, -0.2) is 0 Å². The highest BCUT2D eigenvalue weighted by molar-refractivity contribution is 5.94. The van der Waals surface area contributed by atoms with Crippen LogP contribution in [0, 0.1) is 5.92 Å². The fourth-order valence-electron chi connectivity index (χ4n) is 2.80. The second-order valence-electron chi connectivity index (χ2n) is 5.64. The van der Waals surface area contributed by atoms with Gasteiger partial charge in [-0.2, -0.15) is 0 Å². The first-order valence-corrected chi connectivity index (χ1v) is 7.74. The van der Waals surface area contributed by atoms with Crippen molar-refractivity contribution in [3.63, 3.8) is 0 Å². The lowest BCUT2D eigenvalue weighted by Crippen LogP contribution is -2.43. The number of anilines is 1. The molecule has 1 aliphatic rings. The van der Waals surface area contributed by atoms with Crippen LogP contribution in [0.3, 0.4) is 0 Å². The number of para-hydroxylation sites is 1. The fraction of sp³-hybridized carbons (Fsp3) is 0.529. The number of carbonyl (C=O) groups is 2. The molecule has 1 aromatic rings. The van der Waals surface area contributed by atoms with E-state index in [9.17, 15) is 9.59 Å². The van der Waals surface area contributed by atoms with E-state index >= 15 is 0 Å². The maximum atomic E-state index is 12.5. The standard InChI is InChI=1S/C17H24N2O2/c1-3-7-16(20)19-12-10-14(11-13-19)17(21)18(2)15-8-5-4-6-9-15/h4-6,8-9,14H,3,7,10-13H2,1-2H3. The van der Waals surface area contributed by atoms with Crippen LogP contribution in [-0.4, -0.2) is 36.9 Å². The van der Waals surface area contributed by atoms with E-state index in [0.29, 0.717) is 19.5 Å². The second kappa shape index (κ2) is 7.25. The lowest BCUT2D eigenvalue weighted by molar-refractivity contribution is -0.134. The molecule has 4 nitrogen and oxygen atoms in total. The summed E-state index contributed by atoms with van der Waals surface area (Å²) in [5.41, 5.74) is 0.923. The molecule has 0 aliphatic carbocycles. The van der Waals surface area contributed by atoms with E-state index in [0.717, 1.165) is 24.9 Å². The molecule has 1 aliphatic heterocycles. The molecule has 0 radical (unpaired) electrons. The molecule has 114 valence electrons. The number of hydrogen-bond acceptors (Lipinski definition) is 2. The Balaban J connectivity index is 1.90. The van der Waals surface area contributed by atoms with Gasteiger partial charge in [0.15, 0.2) is 0 Å². The Morgan fingerprint density at radius 1 is 1.19 bits per heavy atom. The zero-order valence-corrected chi connectivity index (χ0v) is 12.9. The first-order valence-electron chi connectivity index (χ1n) is 7.74. The Morgan fingerprint density at radius 3 is 2.38 bits per heavy atom. The van der Waals surface area contributed by atoms with Crippen molar-refractivity contribution in [1.82, 2.24) is 4.90 Å². The van der Waals surface area contributed by atoms with Crippen molar-refractivity contribution in [3.05, 3.63) is 30.3 Å². The third-order valence-electron chi connectivity index (χ3n) is 4.13. The molecule has 0 spiro atoms. The Kier molecular flexibility index (Phi) is 5.37. The van der Waals surface area contributed by atoms with E-state index in [4.69, 9.17) is 0 Å². The molecule has 1 saturated heterocycles. The summed E-state index contributed by atoms with van der Waals surface area (Å²) in [4.78, 5) is 28.0. The molecule has 0 bridgehead atoms. The SMILES string of the molecule is CCCC(=O)N1CCC(C(=O)N(C)c2ccccc2)CC1. The molecule has 4 heteroatoms. The molecule has 0 aromatic heterocycles. The molecule has 0 unspecified atom stereocenters. The van der Waals surface area contributed by atoms with Gasteiger partial charge in [-0.1, -0.05) is 25.1 Å². The van der Waals surface area contributed by atoms with Crippen LogP contribution in [0.2, 0.25) is 0 Å². The van der Waals surface area contributed by atoms with Gasteiger partial charge in [0.25, 0.3) is 0 Å². The molecule has 1 fully saturated rings. The summed E-state index contributed by atoms with van der Waals surface area (Å²) < 4.78 is 0. The number of amides is 2. The minimum atomic E-state index is 0.0286. The van der Waals surface area contributed by atoms with Crippen LogP contribution in [0.15, 0.2) is 30.3 Å². The number of piperidine rings is 1. The maximum Gasteiger partial charge on any atom is 0.229 e. The summed E-state index contributed by atoms with van der Waals surface area (Å²) in [6.07, 6.45) is 3.04. The molecule has 1 aromatic carbocycles. The predicted octanol–water partition coefficient (Wildman–Crippen LogP) is 2.69. The van der Waals surface area contributed by atoms with E-state index in [1.54, 1.807) is 4.90 Å². The summed E-state index contributed by atoms with van der Waals surface area (Å²) in [6.45, 7) is 3.43. The van der Waals surface area contributed by atoms with Crippen LogP contribution in [0.25, 0.3) is 0 Å². The van der Waals surface area contributed by atoms with E-state index in [-0.39, 0.29) is 17.7 Å². The first-order chi connectivity index (χ1) is 10.1. The largest absolute Gasteiger partial charge is 0.343 e. The molecular weight excluding hydrogens is 264 g/mol. The Bertz CT molecular complexity index is 479. The summed E-state index contributed by atoms with van der Waals surface area (Å²) >= 11 is 0. The molecular formula is C17H24N2O2. The van der Waals surface area contributed by atoms with Gasteiger partial charge in [0.2, 0.25) is 11.8 Å². The predicted molar refractivity (Wildman–Crippen MR) is 84.1 cm³/mol. The average Bonchev–Trinajstić information content (AvgIpc) is 2.54. The van der Waals surface area contributed by atoms with Crippen molar-refractivity contribution in [3.8, 4) is 0 Å². The molecule has 2 rings (SSSR count). The number of nitrogens with zero attached hydrogens (tertiary/aromatic N) is 2. The van der Waals surface area contributed by atoms with Crippen molar-refractivity contribution < 1.29 is 9.59 Å². The number of carbonyl (C=O) groups excluding carboxylic acids is 2. The monoisotopic (exact) mass is 288 g/mol. The van der Waals surface area contributed by atoms with Crippen LogP contribution in [0.5, 0.6) is 0 Å². The molecule has 0 atom stereocenters. The van der Waals surface area contributed by atoms with Gasteiger partial charge in [-0.15, -0.1) is 0 Å². The normalized spacial score (nSPS) is 15.8. The molecule has 21 heavy (non-hydrogen) atoms.